The van der Waals surface area contributed by atoms with Crippen LogP contribution in [0.25, 0.3) is 0 Å². The van der Waals surface area contributed by atoms with Crippen molar-refractivity contribution in [3.8, 4) is 0 Å². The van der Waals surface area contributed by atoms with Crippen LogP contribution in [-0.2, 0) is 24.3 Å². The van der Waals surface area contributed by atoms with E-state index in [2.05, 4.69) is 71.1 Å². The summed E-state index contributed by atoms with van der Waals surface area (Å²) in [7, 11) is 0. The van der Waals surface area contributed by atoms with Crippen molar-refractivity contribution >= 4 is 21.8 Å². The highest BCUT2D eigenvalue weighted by molar-refractivity contribution is 9.10. The molecule has 3 rings (SSSR count). The Balaban J connectivity index is 1.72. The summed E-state index contributed by atoms with van der Waals surface area (Å²) in [6.45, 7) is 8.59. The third-order valence-electron chi connectivity index (χ3n) is 5.86. The molecule has 4 nitrogen and oxygen atoms in total. The molecule has 0 bridgehead atoms. The van der Waals surface area contributed by atoms with Gasteiger partial charge >= 0.3 is 0 Å². The lowest BCUT2D eigenvalue weighted by molar-refractivity contribution is -0.134. The van der Waals surface area contributed by atoms with Gasteiger partial charge in [-0.25, -0.2) is 0 Å². The minimum atomic E-state index is 0.132. The molecule has 1 aromatic heterocycles. The highest BCUT2D eigenvalue weighted by atomic mass is 79.9. The molecule has 0 aliphatic rings. The van der Waals surface area contributed by atoms with Crippen LogP contribution in [0.3, 0.4) is 0 Å². The lowest BCUT2D eigenvalue weighted by Crippen LogP contribution is -2.43. The second-order valence-corrected chi connectivity index (χ2v) is 9.27. The van der Waals surface area contributed by atoms with E-state index < -0.39 is 0 Å². The average Bonchev–Trinajstić information content (AvgIpc) is 3.22. The van der Waals surface area contributed by atoms with Crippen LogP contribution < -0.4 is 0 Å². The molecule has 1 amide bonds. The number of rotatable bonds is 11. The maximum Gasteiger partial charge on any atom is 0.237 e. The van der Waals surface area contributed by atoms with Gasteiger partial charge in [0.15, 0.2) is 0 Å². The summed E-state index contributed by atoms with van der Waals surface area (Å²) in [5.74, 6) is 1.83. The molecule has 0 saturated heterocycles. The summed E-state index contributed by atoms with van der Waals surface area (Å²) in [5, 5.41) is 0. The van der Waals surface area contributed by atoms with Gasteiger partial charge in [0.1, 0.15) is 11.5 Å². The molecule has 0 saturated carbocycles. The summed E-state index contributed by atoms with van der Waals surface area (Å²) in [4.78, 5) is 17.7. The fourth-order valence-electron chi connectivity index (χ4n) is 3.68. The summed E-state index contributed by atoms with van der Waals surface area (Å²) < 4.78 is 6.85. The van der Waals surface area contributed by atoms with Gasteiger partial charge in [-0.2, -0.15) is 0 Å². The summed E-state index contributed by atoms with van der Waals surface area (Å²) in [6, 6.07) is 22.9. The molecule has 170 valence electrons. The summed E-state index contributed by atoms with van der Waals surface area (Å²) >= 11 is 3.50. The van der Waals surface area contributed by atoms with Crippen molar-refractivity contribution in [2.24, 2.45) is 0 Å². The van der Waals surface area contributed by atoms with Gasteiger partial charge in [-0.1, -0.05) is 65.3 Å². The molecule has 0 fully saturated rings. The van der Waals surface area contributed by atoms with Crippen LogP contribution >= 0.6 is 15.9 Å². The second kappa shape index (κ2) is 12.0. The third-order valence-corrected chi connectivity index (χ3v) is 6.39. The van der Waals surface area contributed by atoms with Crippen molar-refractivity contribution in [2.45, 2.75) is 52.7 Å². The Morgan fingerprint density at radius 2 is 1.69 bits per heavy atom. The van der Waals surface area contributed by atoms with E-state index in [1.807, 2.05) is 42.2 Å². The average molecular weight is 497 g/mol. The van der Waals surface area contributed by atoms with E-state index in [4.69, 9.17) is 4.42 Å². The molecule has 32 heavy (non-hydrogen) atoms. The summed E-state index contributed by atoms with van der Waals surface area (Å²) in [5.41, 5.74) is 2.44. The normalized spacial score (nSPS) is 12.2. The highest BCUT2D eigenvalue weighted by Crippen LogP contribution is 2.16. The van der Waals surface area contributed by atoms with E-state index >= 15 is 0 Å². The highest BCUT2D eigenvalue weighted by Gasteiger charge is 2.22. The van der Waals surface area contributed by atoms with E-state index in [1.165, 1.54) is 11.1 Å². The molecule has 0 spiro atoms. The number of benzene rings is 2. The molecule has 0 aliphatic heterocycles. The number of carbonyl (C=O) groups excluding carboxylic acids is 1. The first kappa shape index (κ1) is 24.3. The Hall–Kier alpha value is -2.37. The molecule has 3 aromatic rings. The van der Waals surface area contributed by atoms with Crippen LogP contribution in [0.2, 0.25) is 0 Å². The van der Waals surface area contributed by atoms with E-state index in [0.29, 0.717) is 25.7 Å². The van der Waals surface area contributed by atoms with E-state index in [0.717, 1.165) is 35.4 Å². The lowest BCUT2D eigenvalue weighted by Gasteiger charge is -2.31. The second-order valence-electron chi connectivity index (χ2n) is 8.35. The molecule has 0 aliphatic carbocycles. The molecule has 0 N–H and O–H groups in total. The number of amides is 1. The molecule has 1 heterocycles. The van der Waals surface area contributed by atoms with Crippen molar-refractivity contribution in [1.29, 1.82) is 0 Å². The third kappa shape index (κ3) is 7.35. The van der Waals surface area contributed by atoms with E-state index in [-0.39, 0.29) is 5.91 Å². The predicted octanol–water partition coefficient (Wildman–Crippen LogP) is 6.22. The quantitative estimate of drug-likeness (QED) is 0.316. The van der Waals surface area contributed by atoms with E-state index in [9.17, 15) is 4.79 Å². The largest absolute Gasteiger partial charge is 0.464 e. The Kier molecular flexibility index (Phi) is 9.12. The zero-order chi connectivity index (χ0) is 22.9. The van der Waals surface area contributed by atoms with Gasteiger partial charge in [-0.15, -0.1) is 0 Å². The Morgan fingerprint density at radius 1 is 0.969 bits per heavy atom. The Labute approximate surface area is 200 Å². The SMILES string of the molecule is CC[C@H](C)N(CC(=O)N(CCc1ccccc1)Cc1ccc(C)o1)Cc1ccc(Br)cc1. The molecular formula is C27H33BrN2O2. The van der Waals surface area contributed by atoms with Crippen LogP contribution in [0.4, 0.5) is 0 Å². The van der Waals surface area contributed by atoms with Crippen molar-refractivity contribution in [3.05, 3.63) is 93.9 Å². The lowest BCUT2D eigenvalue weighted by atomic mass is 10.1. The zero-order valence-corrected chi connectivity index (χ0v) is 20.8. The molecule has 1 atom stereocenters. The van der Waals surface area contributed by atoms with Crippen LogP contribution in [0.15, 0.2) is 75.6 Å². The van der Waals surface area contributed by atoms with E-state index in [1.54, 1.807) is 0 Å². The fraction of sp³-hybridized carbons (Fsp3) is 0.370. The topological polar surface area (TPSA) is 36.7 Å². The Bertz CT molecular complexity index is 969. The number of halogens is 1. The zero-order valence-electron chi connectivity index (χ0n) is 19.3. The number of furan rings is 1. The van der Waals surface area contributed by atoms with Crippen molar-refractivity contribution in [2.75, 3.05) is 13.1 Å². The minimum Gasteiger partial charge on any atom is -0.464 e. The van der Waals surface area contributed by atoms with Crippen molar-refractivity contribution < 1.29 is 9.21 Å². The van der Waals surface area contributed by atoms with Crippen molar-refractivity contribution in [1.82, 2.24) is 9.80 Å². The van der Waals surface area contributed by atoms with Gasteiger partial charge in [-0.3, -0.25) is 9.69 Å². The first-order valence-corrected chi connectivity index (χ1v) is 12.1. The smallest absolute Gasteiger partial charge is 0.237 e. The molecule has 2 aromatic carbocycles. The molecular weight excluding hydrogens is 464 g/mol. The monoisotopic (exact) mass is 496 g/mol. The standard InChI is InChI=1S/C27H33BrN2O2/c1-4-21(2)30(18-24-11-13-25(28)14-12-24)20-27(31)29(19-26-15-10-22(3)32-26)17-16-23-8-6-5-7-9-23/h5-15,21H,4,16-20H2,1-3H3/t21-/m0/s1. The van der Waals surface area contributed by atoms with Gasteiger partial charge in [0.2, 0.25) is 5.91 Å². The van der Waals surface area contributed by atoms with Gasteiger partial charge in [0.25, 0.3) is 0 Å². The maximum atomic E-state index is 13.5. The predicted molar refractivity (Wildman–Crippen MR) is 133 cm³/mol. The number of hydrogen-bond acceptors (Lipinski definition) is 3. The first-order valence-electron chi connectivity index (χ1n) is 11.3. The van der Waals surface area contributed by atoms with Gasteiger partial charge in [0, 0.05) is 23.6 Å². The number of nitrogens with zero attached hydrogens (tertiary/aromatic N) is 2. The number of hydrogen-bond donors (Lipinski definition) is 0. The number of aryl methyl sites for hydroxylation is 1. The minimum absolute atomic E-state index is 0.132. The molecule has 5 heteroatoms. The van der Waals surface area contributed by atoms with Crippen LogP contribution in [-0.4, -0.2) is 34.8 Å². The summed E-state index contributed by atoms with van der Waals surface area (Å²) in [6.07, 6.45) is 1.81. The van der Waals surface area contributed by atoms with Gasteiger partial charge in [-0.05, 0) is 62.1 Å². The Morgan fingerprint density at radius 3 is 2.31 bits per heavy atom. The maximum absolute atomic E-state index is 13.5. The van der Waals surface area contributed by atoms with Crippen molar-refractivity contribution in [3.63, 3.8) is 0 Å². The van der Waals surface area contributed by atoms with Gasteiger partial charge < -0.3 is 9.32 Å². The van der Waals surface area contributed by atoms with Gasteiger partial charge in [0.05, 0.1) is 13.1 Å². The van der Waals surface area contributed by atoms with Crippen LogP contribution in [0, 0.1) is 6.92 Å². The van der Waals surface area contributed by atoms with Crippen LogP contribution in [0.1, 0.15) is 42.9 Å². The first-order chi connectivity index (χ1) is 15.4. The fourth-order valence-corrected chi connectivity index (χ4v) is 3.95. The number of carbonyl (C=O) groups is 1. The van der Waals surface area contributed by atoms with Crippen LogP contribution in [0.5, 0.6) is 0 Å². The molecule has 0 radical (unpaired) electrons. The molecule has 0 unspecified atom stereocenters.